The Bertz CT molecular complexity index is 821. The highest BCUT2D eigenvalue weighted by Crippen LogP contribution is 2.25. The number of urea groups is 1. The zero-order chi connectivity index (χ0) is 20.8. The van der Waals surface area contributed by atoms with Crippen molar-refractivity contribution in [2.75, 3.05) is 0 Å². The van der Waals surface area contributed by atoms with Gasteiger partial charge in [-0.1, -0.05) is 50.7 Å². The second kappa shape index (κ2) is 10.1. The van der Waals surface area contributed by atoms with Crippen molar-refractivity contribution >= 4 is 6.03 Å². The molecule has 0 atom stereocenters. The third-order valence-corrected chi connectivity index (χ3v) is 6.71. The van der Waals surface area contributed by atoms with Gasteiger partial charge in [0.25, 0.3) is 0 Å². The van der Waals surface area contributed by atoms with E-state index in [9.17, 15) is 9.18 Å². The molecule has 5 heteroatoms. The van der Waals surface area contributed by atoms with E-state index in [-0.39, 0.29) is 11.8 Å². The van der Waals surface area contributed by atoms with Gasteiger partial charge in [0.15, 0.2) is 0 Å². The molecule has 0 bridgehead atoms. The number of nitrogens with zero attached hydrogens (tertiary/aromatic N) is 2. The topological polar surface area (TPSA) is 37.3 Å². The fourth-order valence-electron chi connectivity index (χ4n) is 5.02. The van der Waals surface area contributed by atoms with E-state index >= 15 is 0 Å². The lowest BCUT2D eigenvalue weighted by Crippen LogP contribution is -2.50. The predicted molar refractivity (Wildman–Crippen MR) is 118 cm³/mol. The normalized spacial score (nSPS) is 18.3. The van der Waals surface area contributed by atoms with Crippen LogP contribution in [0.4, 0.5) is 9.18 Å². The maximum Gasteiger partial charge on any atom is 0.318 e. The Morgan fingerprint density at radius 2 is 1.73 bits per heavy atom. The number of nitrogens with one attached hydrogen (secondary N) is 1. The van der Waals surface area contributed by atoms with Crippen LogP contribution in [0.5, 0.6) is 0 Å². The average molecular weight is 412 g/mol. The van der Waals surface area contributed by atoms with Crippen LogP contribution in [-0.4, -0.2) is 27.6 Å². The summed E-state index contributed by atoms with van der Waals surface area (Å²) >= 11 is 0. The van der Waals surface area contributed by atoms with Gasteiger partial charge in [-0.3, -0.25) is 0 Å². The molecule has 0 radical (unpaired) electrons. The molecule has 0 saturated heterocycles. The number of rotatable bonds is 6. The molecule has 0 aliphatic heterocycles. The molecular weight excluding hydrogens is 377 g/mol. The molecule has 0 spiro atoms. The lowest BCUT2D eigenvalue weighted by Gasteiger charge is -2.36. The standard InChI is InChI=1S/C25H34FN3O/c26-21-10-7-9-20(17-21)18-28-16-8-15-24(28)19-29(23-13-5-2-6-14-23)25(30)27-22-11-3-1-4-12-22/h7-10,15-17,22-23H,1-6,11-14,18-19H2,(H,27,30). The molecule has 2 fully saturated rings. The van der Waals surface area contributed by atoms with E-state index in [1.807, 2.05) is 18.3 Å². The summed E-state index contributed by atoms with van der Waals surface area (Å²) in [5, 5.41) is 3.33. The van der Waals surface area contributed by atoms with Crippen molar-refractivity contribution in [3.63, 3.8) is 0 Å². The molecule has 162 valence electrons. The number of hydrogen-bond donors (Lipinski definition) is 1. The maximum absolute atomic E-state index is 13.6. The Balaban J connectivity index is 1.48. The number of benzene rings is 1. The van der Waals surface area contributed by atoms with Crippen LogP contribution < -0.4 is 5.32 Å². The summed E-state index contributed by atoms with van der Waals surface area (Å²) in [6, 6.07) is 11.6. The minimum absolute atomic E-state index is 0.0901. The Hall–Kier alpha value is -2.30. The first-order valence-electron chi connectivity index (χ1n) is 11.6. The highest BCUT2D eigenvalue weighted by Gasteiger charge is 2.28. The number of carbonyl (C=O) groups is 1. The number of aromatic nitrogens is 1. The van der Waals surface area contributed by atoms with Crippen LogP contribution in [0.1, 0.15) is 75.5 Å². The van der Waals surface area contributed by atoms with Gasteiger partial charge in [-0.2, -0.15) is 0 Å². The van der Waals surface area contributed by atoms with E-state index in [4.69, 9.17) is 0 Å². The minimum Gasteiger partial charge on any atom is -0.345 e. The van der Waals surface area contributed by atoms with Crippen LogP contribution in [0, 0.1) is 5.82 Å². The summed E-state index contributed by atoms with van der Waals surface area (Å²) in [7, 11) is 0. The zero-order valence-corrected chi connectivity index (χ0v) is 17.9. The maximum atomic E-state index is 13.6. The summed E-state index contributed by atoms with van der Waals surface area (Å²) < 4.78 is 15.7. The number of carbonyl (C=O) groups excluding carboxylic acids is 1. The van der Waals surface area contributed by atoms with Crippen molar-refractivity contribution in [3.05, 3.63) is 59.7 Å². The third-order valence-electron chi connectivity index (χ3n) is 6.71. The molecule has 1 aromatic heterocycles. The van der Waals surface area contributed by atoms with Gasteiger partial charge in [-0.15, -0.1) is 0 Å². The summed E-state index contributed by atoms with van der Waals surface area (Å²) in [4.78, 5) is 15.4. The Kier molecular flexibility index (Phi) is 7.08. The van der Waals surface area contributed by atoms with E-state index in [1.165, 1.54) is 44.6 Å². The molecule has 2 saturated carbocycles. The van der Waals surface area contributed by atoms with Crippen molar-refractivity contribution < 1.29 is 9.18 Å². The van der Waals surface area contributed by atoms with Gasteiger partial charge in [0.1, 0.15) is 5.82 Å². The number of hydrogen-bond acceptors (Lipinski definition) is 1. The van der Waals surface area contributed by atoms with Gasteiger partial charge < -0.3 is 14.8 Å². The average Bonchev–Trinajstić information content (AvgIpc) is 3.20. The third kappa shape index (κ3) is 5.44. The monoisotopic (exact) mass is 411 g/mol. The van der Waals surface area contributed by atoms with Gasteiger partial charge >= 0.3 is 6.03 Å². The van der Waals surface area contributed by atoms with Gasteiger partial charge in [-0.25, -0.2) is 9.18 Å². The summed E-state index contributed by atoms with van der Waals surface area (Å²) in [5.74, 6) is -0.211. The molecule has 30 heavy (non-hydrogen) atoms. The van der Waals surface area contributed by atoms with Gasteiger partial charge in [0, 0.05) is 30.5 Å². The Morgan fingerprint density at radius 1 is 1.00 bits per heavy atom. The first kappa shape index (κ1) is 21.0. The van der Waals surface area contributed by atoms with Crippen LogP contribution in [0.25, 0.3) is 0 Å². The molecule has 2 aliphatic rings. The van der Waals surface area contributed by atoms with Crippen molar-refractivity contribution in [2.24, 2.45) is 0 Å². The Morgan fingerprint density at radius 3 is 2.47 bits per heavy atom. The van der Waals surface area contributed by atoms with Crippen molar-refractivity contribution in [1.82, 2.24) is 14.8 Å². The van der Waals surface area contributed by atoms with E-state index in [2.05, 4.69) is 20.9 Å². The van der Waals surface area contributed by atoms with Crippen molar-refractivity contribution in [3.8, 4) is 0 Å². The molecule has 4 nitrogen and oxygen atoms in total. The number of amides is 2. The molecular formula is C25H34FN3O. The fourth-order valence-corrected chi connectivity index (χ4v) is 5.02. The molecule has 4 rings (SSSR count). The van der Waals surface area contributed by atoms with E-state index in [1.54, 1.807) is 12.1 Å². The highest BCUT2D eigenvalue weighted by atomic mass is 19.1. The van der Waals surface area contributed by atoms with Crippen LogP contribution in [0.15, 0.2) is 42.6 Å². The lowest BCUT2D eigenvalue weighted by molar-refractivity contribution is 0.144. The van der Waals surface area contributed by atoms with Crippen molar-refractivity contribution in [1.29, 1.82) is 0 Å². The largest absolute Gasteiger partial charge is 0.345 e. The first-order chi connectivity index (χ1) is 14.7. The predicted octanol–water partition coefficient (Wildman–Crippen LogP) is 5.85. The second-order valence-corrected chi connectivity index (χ2v) is 8.96. The highest BCUT2D eigenvalue weighted by molar-refractivity contribution is 5.75. The van der Waals surface area contributed by atoms with Gasteiger partial charge in [-0.05, 0) is 55.5 Å². The minimum atomic E-state index is -0.211. The summed E-state index contributed by atoms with van der Waals surface area (Å²) in [6.45, 7) is 1.22. The molecule has 1 N–H and O–H groups in total. The fraction of sp³-hybridized carbons (Fsp3) is 0.560. The smallest absolute Gasteiger partial charge is 0.318 e. The van der Waals surface area contributed by atoms with Gasteiger partial charge in [0.05, 0.1) is 6.54 Å². The van der Waals surface area contributed by atoms with Crippen LogP contribution in [-0.2, 0) is 13.1 Å². The molecule has 0 unspecified atom stereocenters. The molecule has 2 amide bonds. The van der Waals surface area contributed by atoms with Crippen molar-refractivity contribution in [2.45, 2.75) is 89.4 Å². The molecule has 1 aromatic carbocycles. The van der Waals surface area contributed by atoms with Crippen LogP contribution in [0.3, 0.4) is 0 Å². The van der Waals surface area contributed by atoms with E-state index in [0.29, 0.717) is 25.2 Å². The van der Waals surface area contributed by atoms with E-state index < -0.39 is 0 Å². The van der Waals surface area contributed by atoms with Crippen LogP contribution >= 0.6 is 0 Å². The molecule has 1 heterocycles. The first-order valence-corrected chi connectivity index (χ1v) is 11.6. The lowest BCUT2D eigenvalue weighted by atomic mass is 9.93. The second-order valence-electron chi connectivity index (χ2n) is 8.96. The summed E-state index contributed by atoms with van der Waals surface area (Å²) in [5.41, 5.74) is 2.03. The molecule has 2 aromatic rings. The quantitative estimate of drug-likeness (QED) is 0.636. The SMILES string of the molecule is O=C(NC1CCCCC1)N(Cc1cccn1Cc1cccc(F)c1)C1CCCCC1. The zero-order valence-electron chi connectivity index (χ0n) is 17.9. The van der Waals surface area contributed by atoms with Crippen LogP contribution in [0.2, 0.25) is 0 Å². The molecule has 2 aliphatic carbocycles. The van der Waals surface area contributed by atoms with Gasteiger partial charge in [0.2, 0.25) is 0 Å². The summed E-state index contributed by atoms with van der Waals surface area (Å²) in [6.07, 6.45) is 13.8. The Labute approximate surface area is 179 Å². The van der Waals surface area contributed by atoms with E-state index in [0.717, 1.165) is 36.9 Å². The number of halogens is 1.